The normalized spacial score (nSPS) is 17.7. The van der Waals surface area contributed by atoms with Crippen LogP contribution in [-0.4, -0.2) is 48.1 Å². The minimum atomic E-state index is 0.549. The fourth-order valence-corrected chi connectivity index (χ4v) is 2.73. The third-order valence-electron chi connectivity index (χ3n) is 3.80. The van der Waals surface area contributed by atoms with E-state index in [-0.39, 0.29) is 0 Å². The fraction of sp³-hybridized carbons (Fsp3) is 0.714. The third kappa shape index (κ3) is 3.80. The summed E-state index contributed by atoms with van der Waals surface area (Å²) < 4.78 is 0. The average molecular weight is 283 g/mol. The van der Waals surface area contributed by atoms with Gasteiger partial charge in [0.25, 0.3) is 0 Å². The summed E-state index contributed by atoms with van der Waals surface area (Å²) in [7, 11) is 4.29. The molecule has 106 valence electrons. The van der Waals surface area contributed by atoms with Crippen molar-refractivity contribution in [2.45, 2.75) is 38.6 Å². The van der Waals surface area contributed by atoms with Gasteiger partial charge in [-0.2, -0.15) is 0 Å². The predicted molar refractivity (Wildman–Crippen MR) is 80.0 cm³/mol. The maximum Gasteiger partial charge on any atom is 0.134 e. The van der Waals surface area contributed by atoms with Crippen molar-refractivity contribution in [3.05, 3.63) is 17.0 Å². The summed E-state index contributed by atoms with van der Waals surface area (Å²) in [6.07, 6.45) is 4.28. The Kier molecular flexibility index (Phi) is 4.99. The van der Waals surface area contributed by atoms with E-state index in [1.54, 1.807) is 0 Å². The second-order valence-electron chi connectivity index (χ2n) is 5.36. The van der Waals surface area contributed by atoms with Crippen LogP contribution in [0.3, 0.4) is 0 Å². The van der Waals surface area contributed by atoms with Gasteiger partial charge in [0.05, 0.1) is 0 Å². The van der Waals surface area contributed by atoms with Gasteiger partial charge in [-0.15, -0.1) is 0 Å². The van der Waals surface area contributed by atoms with Crippen molar-refractivity contribution in [1.82, 2.24) is 14.9 Å². The van der Waals surface area contributed by atoms with Gasteiger partial charge < -0.3 is 9.80 Å². The number of hydrogen-bond donors (Lipinski definition) is 0. The molecular formula is C14H23ClN4. The van der Waals surface area contributed by atoms with Gasteiger partial charge in [-0.3, -0.25) is 0 Å². The van der Waals surface area contributed by atoms with Gasteiger partial charge in [0.2, 0.25) is 0 Å². The lowest BCUT2D eigenvalue weighted by Crippen LogP contribution is -2.42. The first kappa shape index (κ1) is 14.5. The van der Waals surface area contributed by atoms with Gasteiger partial charge in [0, 0.05) is 25.6 Å². The van der Waals surface area contributed by atoms with Gasteiger partial charge in [0.15, 0.2) is 0 Å². The zero-order valence-electron chi connectivity index (χ0n) is 12.1. The van der Waals surface area contributed by atoms with Crippen LogP contribution < -0.4 is 4.90 Å². The standard InChI is InChI=1S/C14H23ClN4/c1-4-5-13-16-12(15)10-14(17-13)19(3)11-6-8-18(2)9-7-11/h10-11H,4-9H2,1-3H3. The SMILES string of the molecule is CCCc1nc(Cl)cc(N(C)C2CCN(C)CC2)n1. The van der Waals surface area contributed by atoms with Crippen LogP contribution in [0.1, 0.15) is 32.0 Å². The molecule has 1 aliphatic rings. The zero-order valence-corrected chi connectivity index (χ0v) is 12.8. The highest BCUT2D eigenvalue weighted by Crippen LogP contribution is 2.22. The summed E-state index contributed by atoms with van der Waals surface area (Å²) in [6.45, 7) is 4.43. The van der Waals surface area contributed by atoms with Crippen molar-refractivity contribution in [2.24, 2.45) is 0 Å². The number of aryl methyl sites for hydroxylation is 1. The number of hydrogen-bond acceptors (Lipinski definition) is 4. The number of piperidine rings is 1. The summed E-state index contributed by atoms with van der Waals surface area (Å²) >= 11 is 6.11. The zero-order chi connectivity index (χ0) is 13.8. The summed E-state index contributed by atoms with van der Waals surface area (Å²) in [5.41, 5.74) is 0. The molecule has 19 heavy (non-hydrogen) atoms. The first-order valence-corrected chi connectivity index (χ1v) is 7.42. The molecule has 1 saturated heterocycles. The topological polar surface area (TPSA) is 32.3 Å². The molecule has 0 bridgehead atoms. The van der Waals surface area contributed by atoms with Crippen LogP contribution >= 0.6 is 11.6 Å². The van der Waals surface area contributed by atoms with E-state index in [4.69, 9.17) is 11.6 Å². The molecule has 0 unspecified atom stereocenters. The fourth-order valence-electron chi connectivity index (χ4n) is 2.54. The summed E-state index contributed by atoms with van der Waals surface area (Å²) in [4.78, 5) is 13.6. The lowest BCUT2D eigenvalue weighted by atomic mass is 10.0. The van der Waals surface area contributed by atoms with E-state index in [0.29, 0.717) is 11.2 Å². The van der Waals surface area contributed by atoms with Gasteiger partial charge >= 0.3 is 0 Å². The van der Waals surface area contributed by atoms with Crippen molar-refractivity contribution < 1.29 is 0 Å². The Bertz CT molecular complexity index is 416. The molecule has 1 aromatic rings. The van der Waals surface area contributed by atoms with Gasteiger partial charge in [-0.1, -0.05) is 18.5 Å². The number of anilines is 1. The molecule has 0 amide bonds. The first-order valence-electron chi connectivity index (χ1n) is 7.05. The summed E-state index contributed by atoms with van der Waals surface area (Å²) in [5.74, 6) is 1.81. The van der Waals surface area contributed by atoms with Crippen LogP contribution in [0.25, 0.3) is 0 Å². The van der Waals surface area contributed by atoms with E-state index < -0.39 is 0 Å². The Morgan fingerprint density at radius 1 is 1.37 bits per heavy atom. The minimum absolute atomic E-state index is 0.549. The smallest absolute Gasteiger partial charge is 0.134 e. The number of rotatable bonds is 4. The Balaban J connectivity index is 2.11. The van der Waals surface area contributed by atoms with Crippen LogP contribution in [0.4, 0.5) is 5.82 Å². The molecule has 1 aliphatic heterocycles. The van der Waals surface area contributed by atoms with Crippen LogP contribution in [0.15, 0.2) is 6.07 Å². The molecular weight excluding hydrogens is 260 g/mol. The third-order valence-corrected chi connectivity index (χ3v) is 3.99. The molecule has 1 fully saturated rings. The maximum absolute atomic E-state index is 6.11. The van der Waals surface area contributed by atoms with E-state index in [1.165, 1.54) is 12.8 Å². The maximum atomic E-state index is 6.11. The number of halogens is 1. The lowest BCUT2D eigenvalue weighted by molar-refractivity contribution is 0.252. The highest BCUT2D eigenvalue weighted by Gasteiger charge is 2.22. The van der Waals surface area contributed by atoms with Crippen LogP contribution in [0.5, 0.6) is 0 Å². The minimum Gasteiger partial charge on any atom is -0.356 e. The molecule has 4 nitrogen and oxygen atoms in total. The number of aromatic nitrogens is 2. The Morgan fingerprint density at radius 3 is 2.68 bits per heavy atom. The van der Waals surface area contributed by atoms with E-state index in [2.05, 4.69) is 40.8 Å². The summed E-state index contributed by atoms with van der Waals surface area (Å²) in [5, 5.41) is 0.549. The molecule has 0 aromatic carbocycles. The van der Waals surface area contributed by atoms with Crippen molar-refractivity contribution in [2.75, 3.05) is 32.1 Å². The van der Waals surface area contributed by atoms with Gasteiger partial charge in [0.1, 0.15) is 16.8 Å². The quantitative estimate of drug-likeness (QED) is 0.795. The number of likely N-dealkylation sites (tertiary alicyclic amines) is 1. The predicted octanol–water partition coefficient (Wildman–Crippen LogP) is 2.61. The van der Waals surface area contributed by atoms with Crippen molar-refractivity contribution >= 4 is 17.4 Å². The molecule has 5 heteroatoms. The molecule has 0 radical (unpaired) electrons. The van der Waals surface area contributed by atoms with E-state index in [1.807, 2.05) is 6.07 Å². The van der Waals surface area contributed by atoms with E-state index in [9.17, 15) is 0 Å². The Hall–Kier alpha value is -0.870. The molecule has 0 aliphatic carbocycles. The van der Waals surface area contributed by atoms with Crippen LogP contribution in [0.2, 0.25) is 5.15 Å². The van der Waals surface area contributed by atoms with Crippen molar-refractivity contribution in [3.8, 4) is 0 Å². The van der Waals surface area contributed by atoms with E-state index >= 15 is 0 Å². The first-order chi connectivity index (χ1) is 9.10. The second-order valence-corrected chi connectivity index (χ2v) is 5.75. The van der Waals surface area contributed by atoms with Crippen molar-refractivity contribution in [3.63, 3.8) is 0 Å². The molecule has 0 saturated carbocycles. The Labute approximate surface area is 120 Å². The molecule has 1 aromatic heterocycles. The highest BCUT2D eigenvalue weighted by atomic mass is 35.5. The molecule has 0 N–H and O–H groups in total. The highest BCUT2D eigenvalue weighted by molar-refractivity contribution is 6.29. The number of nitrogens with zero attached hydrogens (tertiary/aromatic N) is 4. The molecule has 0 spiro atoms. The average Bonchev–Trinajstić information content (AvgIpc) is 2.38. The Morgan fingerprint density at radius 2 is 2.05 bits per heavy atom. The van der Waals surface area contributed by atoms with E-state index in [0.717, 1.165) is 37.6 Å². The molecule has 2 rings (SSSR count). The molecule has 2 heterocycles. The van der Waals surface area contributed by atoms with Crippen molar-refractivity contribution in [1.29, 1.82) is 0 Å². The second kappa shape index (κ2) is 6.53. The van der Waals surface area contributed by atoms with Crippen LogP contribution in [-0.2, 0) is 6.42 Å². The summed E-state index contributed by atoms with van der Waals surface area (Å²) in [6, 6.07) is 2.43. The van der Waals surface area contributed by atoms with Gasteiger partial charge in [-0.25, -0.2) is 9.97 Å². The van der Waals surface area contributed by atoms with Gasteiger partial charge in [-0.05, 0) is 39.4 Å². The largest absolute Gasteiger partial charge is 0.356 e. The van der Waals surface area contributed by atoms with Crippen LogP contribution in [0, 0.1) is 0 Å². The monoisotopic (exact) mass is 282 g/mol. The molecule has 0 atom stereocenters. The lowest BCUT2D eigenvalue weighted by Gasteiger charge is -2.35.